The minimum absolute atomic E-state index is 0.156. The standard InChI is InChI=1S/C16H21NO4/c1-10-6-7-14(21-2)11(8-10)9-15(18)17-13-5-3-4-12(13)16(19)20/h6-8,12-13H,3-5,9H2,1-2H3,(H,17,18)(H,19,20). The lowest BCUT2D eigenvalue weighted by Crippen LogP contribution is -2.40. The van der Waals surface area contributed by atoms with Crippen molar-refractivity contribution in [2.45, 2.75) is 38.6 Å². The number of aliphatic carboxylic acids is 1. The first kappa shape index (κ1) is 15.4. The number of hydrogen-bond acceptors (Lipinski definition) is 3. The molecule has 0 spiro atoms. The lowest BCUT2D eigenvalue weighted by atomic mass is 10.0. The molecule has 2 unspecified atom stereocenters. The quantitative estimate of drug-likeness (QED) is 0.869. The zero-order valence-corrected chi connectivity index (χ0v) is 12.4. The Morgan fingerprint density at radius 1 is 1.38 bits per heavy atom. The Morgan fingerprint density at radius 3 is 2.81 bits per heavy atom. The van der Waals surface area contributed by atoms with Crippen molar-refractivity contribution in [1.82, 2.24) is 5.32 Å². The van der Waals surface area contributed by atoms with Crippen LogP contribution in [-0.4, -0.2) is 30.1 Å². The molecule has 2 atom stereocenters. The number of carbonyl (C=O) groups excluding carboxylic acids is 1. The molecule has 0 aromatic heterocycles. The van der Waals surface area contributed by atoms with E-state index in [2.05, 4.69) is 5.32 Å². The van der Waals surface area contributed by atoms with E-state index in [1.165, 1.54) is 0 Å². The monoisotopic (exact) mass is 291 g/mol. The van der Waals surface area contributed by atoms with Gasteiger partial charge in [-0.3, -0.25) is 9.59 Å². The second kappa shape index (κ2) is 6.61. The second-order valence-corrected chi connectivity index (χ2v) is 5.54. The largest absolute Gasteiger partial charge is 0.496 e. The van der Waals surface area contributed by atoms with Crippen molar-refractivity contribution in [3.05, 3.63) is 29.3 Å². The molecule has 1 fully saturated rings. The SMILES string of the molecule is COc1ccc(C)cc1CC(=O)NC1CCCC1C(=O)O. The van der Waals surface area contributed by atoms with Crippen molar-refractivity contribution in [2.75, 3.05) is 7.11 Å². The van der Waals surface area contributed by atoms with Gasteiger partial charge in [0.15, 0.2) is 0 Å². The summed E-state index contributed by atoms with van der Waals surface area (Å²) in [6.45, 7) is 1.96. The van der Waals surface area contributed by atoms with Crippen LogP contribution < -0.4 is 10.1 Å². The highest BCUT2D eigenvalue weighted by molar-refractivity contribution is 5.81. The van der Waals surface area contributed by atoms with Crippen molar-refractivity contribution < 1.29 is 19.4 Å². The van der Waals surface area contributed by atoms with Gasteiger partial charge in [0.05, 0.1) is 19.4 Å². The predicted octanol–water partition coefficient (Wildman–Crippen LogP) is 1.92. The Morgan fingerprint density at radius 2 is 2.14 bits per heavy atom. The number of nitrogens with one attached hydrogen (secondary N) is 1. The third-order valence-corrected chi connectivity index (χ3v) is 3.97. The number of aryl methyl sites for hydroxylation is 1. The Labute approximate surface area is 124 Å². The maximum atomic E-state index is 12.2. The molecule has 2 N–H and O–H groups in total. The molecular formula is C16H21NO4. The molecule has 0 bridgehead atoms. The summed E-state index contributed by atoms with van der Waals surface area (Å²) in [6.07, 6.45) is 2.41. The predicted molar refractivity (Wildman–Crippen MR) is 78.3 cm³/mol. The van der Waals surface area contributed by atoms with Crippen molar-refractivity contribution >= 4 is 11.9 Å². The molecule has 0 saturated heterocycles. The van der Waals surface area contributed by atoms with Gasteiger partial charge in [-0.05, 0) is 25.8 Å². The molecule has 5 heteroatoms. The summed E-state index contributed by atoms with van der Waals surface area (Å²) in [4.78, 5) is 23.3. The van der Waals surface area contributed by atoms with E-state index in [0.717, 1.165) is 24.0 Å². The van der Waals surface area contributed by atoms with Crippen LogP contribution in [0.2, 0.25) is 0 Å². The van der Waals surface area contributed by atoms with Crippen molar-refractivity contribution in [3.8, 4) is 5.75 Å². The molecular weight excluding hydrogens is 270 g/mol. The smallest absolute Gasteiger partial charge is 0.308 e. The highest BCUT2D eigenvalue weighted by Crippen LogP contribution is 2.26. The van der Waals surface area contributed by atoms with Crippen LogP contribution in [0, 0.1) is 12.8 Å². The number of carboxylic acid groups (broad SMARTS) is 1. The van der Waals surface area contributed by atoms with Crippen molar-refractivity contribution in [2.24, 2.45) is 5.92 Å². The number of rotatable bonds is 5. The van der Waals surface area contributed by atoms with E-state index in [9.17, 15) is 9.59 Å². The molecule has 1 aliphatic carbocycles. The van der Waals surface area contributed by atoms with Gasteiger partial charge in [0.1, 0.15) is 5.75 Å². The summed E-state index contributed by atoms with van der Waals surface area (Å²) in [5, 5.41) is 12.0. The minimum Gasteiger partial charge on any atom is -0.496 e. The van der Waals surface area contributed by atoms with E-state index < -0.39 is 11.9 Å². The molecule has 0 radical (unpaired) electrons. The van der Waals surface area contributed by atoms with E-state index in [4.69, 9.17) is 9.84 Å². The topological polar surface area (TPSA) is 75.6 Å². The lowest BCUT2D eigenvalue weighted by Gasteiger charge is -2.18. The Hall–Kier alpha value is -2.04. The minimum atomic E-state index is -0.828. The van der Waals surface area contributed by atoms with Gasteiger partial charge in [0.25, 0.3) is 0 Å². The number of ether oxygens (including phenoxy) is 1. The van der Waals surface area contributed by atoms with Crippen LogP contribution in [0.15, 0.2) is 18.2 Å². The Balaban J connectivity index is 2.02. The normalized spacial score (nSPS) is 21.0. The second-order valence-electron chi connectivity index (χ2n) is 5.54. The average molecular weight is 291 g/mol. The summed E-state index contributed by atoms with van der Waals surface area (Å²) in [5.74, 6) is -0.770. The van der Waals surface area contributed by atoms with Gasteiger partial charge in [-0.1, -0.05) is 24.1 Å². The molecule has 114 valence electrons. The van der Waals surface area contributed by atoms with Crippen LogP contribution >= 0.6 is 0 Å². The van der Waals surface area contributed by atoms with E-state index in [-0.39, 0.29) is 18.4 Å². The highest BCUT2D eigenvalue weighted by atomic mass is 16.5. The fourth-order valence-corrected chi connectivity index (χ4v) is 2.90. The number of carboxylic acids is 1. The number of methoxy groups -OCH3 is 1. The van der Waals surface area contributed by atoms with Gasteiger partial charge in [-0.15, -0.1) is 0 Å². The molecule has 0 heterocycles. The van der Waals surface area contributed by atoms with E-state index in [0.29, 0.717) is 12.2 Å². The lowest BCUT2D eigenvalue weighted by molar-refractivity contribution is -0.142. The molecule has 1 amide bonds. The first-order chi connectivity index (χ1) is 10.0. The van der Waals surface area contributed by atoms with Crippen molar-refractivity contribution in [1.29, 1.82) is 0 Å². The third-order valence-electron chi connectivity index (χ3n) is 3.97. The third kappa shape index (κ3) is 3.74. The average Bonchev–Trinajstić information content (AvgIpc) is 2.87. The number of hydrogen-bond donors (Lipinski definition) is 2. The number of carbonyl (C=O) groups is 2. The zero-order valence-electron chi connectivity index (χ0n) is 12.4. The fourth-order valence-electron chi connectivity index (χ4n) is 2.90. The van der Waals surface area contributed by atoms with Crippen LogP contribution in [0.4, 0.5) is 0 Å². The van der Waals surface area contributed by atoms with Gasteiger partial charge >= 0.3 is 5.97 Å². The molecule has 5 nitrogen and oxygen atoms in total. The summed E-state index contributed by atoms with van der Waals surface area (Å²) in [7, 11) is 1.57. The fraction of sp³-hybridized carbons (Fsp3) is 0.500. The van der Waals surface area contributed by atoms with Crippen LogP contribution in [0.5, 0.6) is 5.75 Å². The molecule has 1 saturated carbocycles. The summed E-state index contributed by atoms with van der Waals surface area (Å²) in [6, 6.07) is 5.43. The number of benzene rings is 1. The first-order valence-electron chi connectivity index (χ1n) is 7.17. The molecule has 0 aliphatic heterocycles. The zero-order chi connectivity index (χ0) is 15.4. The van der Waals surface area contributed by atoms with Gasteiger partial charge < -0.3 is 15.2 Å². The summed E-state index contributed by atoms with van der Waals surface area (Å²) >= 11 is 0. The van der Waals surface area contributed by atoms with Crippen LogP contribution in [0.3, 0.4) is 0 Å². The maximum absolute atomic E-state index is 12.2. The van der Waals surface area contributed by atoms with Gasteiger partial charge in [-0.25, -0.2) is 0 Å². The van der Waals surface area contributed by atoms with Gasteiger partial charge in [0, 0.05) is 11.6 Å². The summed E-state index contributed by atoms with van der Waals surface area (Å²) in [5.41, 5.74) is 1.88. The molecule has 1 aromatic carbocycles. The molecule has 1 aliphatic rings. The van der Waals surface area contributed by atoms with E-state index >= 15 is 0 Å². The van der Waals surface area contributed by atoms with Crippen LogP contribution in [0.25, 0.3) is 0 Å². The van der Waals surface area contributed by atoms with E-state index in [1.54, 1.807) is 7.11 Å². The number of amides is 1. The highest BCUT2D eigenvalue weighted by Gasteiger charge is 2.33. The Bertz CT molecular complexity index is 541. The first-order valence-corrected chi connectivity index (χ1v) is 7.17. The van der Waals surface area contributed by atoms with Crippen LogP contribution in [-0.2, 0) is 16.0 Å². The summed E-state index contributed by atoms with van der Waals surface area (Å²) < 4.78 is 5.26. The maximum Gasteiger partial charge on any atom is 0.308 e. The molecule has 2 rings (SSSR count). The van der Waals surface area contributed by atoms with Gasteiger partial charge in [-0.2, -0.15) is 0 Å². The molecule has 21 heavy (non-hydrogen) atoms. The van der Waals surface area contributed by atoms with Crippen LogP contribution in [0.1, 0.15) is 30.4 Å². The van der Waals surface area contributed by atoms with E-state index in [1.807, 2.05) is 25.1 Å². The van der Waals surface area contributed by atoms with Crippen molar-refractivity contribution in [3.63, 3.8) is 0 Å². The molecule has 1 aromatic rings. The van der Waals surface area contributed by atoms with Gasteiger partial charge in [0.2, 0.25) is 5.91 Å². The Kier molecular flexibility index (Phi) is 4.83.